The largest absolute Gasteiger partial charge is 0.456 e. The fraction of sp³-hybridized carbons (Fsp3) is 0.960. The van der Waals surface area contributed by atoms with Crippen LogP contribution in [-0.4, -0.2) is 26.5 Å². The van der Waals surface area contributed by atoms with Gasteiger partial charge in [0.15, 0.2) is 0 Å². The normalized spacial score (nSPS) is 23.3. The first-order valence-corrected chi connectivity index (χ1v) is 14.6. The van der Waals surface area contributed by atoms with Crippen molar-refractivity contribution >= 4 is 14.3 Å². The van der Waals surface area contributed by atoms with Gasteiger partial charge in [-0.1, -0.05) is 93.9 Å². The summed E-state index contributed by atoms with van der Waals surface area (Å²) in [6.45, 7) is 18.8. The van der Waals surface area contributed by atoms with Crippen LogP contribution >= 0.6 is 0 Å². The summed E-state index contributed by atoms with van der Waals surface area (Å²) in [6.07, 6.45) is 11.8. The van der Waals surface area contributed by atoms with Crippen LogP contribution in [0.25, 0.3) is 0 Å². The Morgan fingerprint density at radius 2 is 1.48 bits per heavy atom. The van der Waals surface area contributed by atoms with Crippen molar-refractivity contribution in [1.29, 1.82) is 0 Å². The molecule has 0 amide bonds. The molecule has 1 aliphatic heterocycles. The van der Waals surface area contributed by atoms with Crippen LogP contribution in [0.15, 0.2) is 0 Å². The molecule has 1 unspecified atom stereocenters. The third kappa shape index (κ3) is 7.38. The van der Waals surface area contributed by atoms with Crippen molar-refractivity contribution in [2.24, 2.45) is 5.92 Å². The molecule has 29 heavy (non-hydrogen) atoms. The number of ether oxygens (including phenoxy) is 1. The monoisotopic (exact) mass is 426 g/mol. The minimum absolute atomic E-state index is 0.0197. The van der Waals surface area contributed by atoms with E-state index in [1.807, 2.05) is 6.92 Å². The lowest BCUT2D eigenvalue weighted by Crippen LogP contribution is -2.53. The van der Waals surface area contributed by atoms with Crippen molar-refractivity contribution in [3.63, 3.8) is 0 Å². The number of cyclic esters (lactones) is 1. The summed E-state index contributed by atoms with van der Waals surface area (Å²) in [5.41, 5.74) is 1.26. The topological polar surface area (TPSA) is 35.5 Å². The minimum atomic E-state index is -1.96. The number of hydrogen-bond donors (Lipinski definition) is 0. The van der Waals surface area contributed by atoms with Gasteiger partial charge in [0, 0.05) is 0 Å². The number of carbonyl (C=O) groups is 1. The van der Waals surface area contributed by atoms with Crippen molar-refractivity contribution in [3.05, 3.63) is 0 Å². The number of rotatable bonds is 14. The van der Waals surface area contributed by atoms with E-state index in [1.165, 1.54) is 38.5 Å². The molecule has 0 aliphatic carbocycles. The van der Waals surface area contributed by atoms with E-state index in [0.29, 0.717) is 23.2 Å². The molecular weight excluding hydrogens is 376 g/mol. The Bertz CT molecular complexity index is 453. The fourth-order valence-corrected chi connectivity index (χ4v) is 11.0. The smallest absolute Gasteiger partial charge is 0.309 e. The predicted octanol–water partition coefficient (Wildman–Crippen LogP) is 8.03. The first-order valence-electron chi connectivity index (χ1n) is 12.5. The lowest BCUT2D eigenvalue weighted by molar-refractivity contribution is -0.180. The lowest BCUT2D eigenvalue weighted by atomic mass is 9.85. The molecule has 0 N–H and O–H groups in total. The second-order valence-corrected chi connectivity index (χ2v) is 16.0. The fourth-order valence-electron chi connectivity index (χ4n) is 5.47. The van der Waals surface area contributed by atoms with E-state index in [-0.39, 0.29) is 11.9 Å². The van der Waals surface area contributed by atoms with Gasteiger partial charge < -0.3 is 9.16 Å². The van der Waals surface area contributed by atoms with Crippen molar-refractivity contribution < 1.29 is 14.0 Å². The molecule has 1 fully saturated rings. The molecule has 1 heterocycles. The Balaban J connectivity index is 2.80. The van der Waals surface area contributed by atoms with E-state index in [0.717, 1.165) is 25.7 Å². The minimum Gasteiger partial charge on any atom is -0.456 e. The van der Waals surface area contributed by atoms with Gasteiger partial charge in [0.1, 0.15) is 5.60 Å². The summed E-state index contributed by atoms with van der Waals surface area (Å²) >= 11 is 0. The van der Waals surface area contributed by atoms with Gasteiger partial charge in [0.2, 0.25) is 8.32 Å². The molecule has 0 bridgehead atoms. The first-order chi connectivity index (χ1) is 13.6. The van der Waals surface area contributed by atoms with Crippen LogP contribution < -0.4 is 0 Å². The molecule has 0 saturated carbocycles. The average Bonchev–Trinajstić information content (AvgIpc) is 2.64. The summed E-state index contributed by atoms with van der Waals surface area (Å²) in [5, 5.41) is 0. The van der Waals surface area contributed by atoms with E-state index in [2.05, 4.69) is 48.5 Å². The Hall–Kier alpha value is -0.353. The molecule has 0 radical (unpaired) electrons. The maximum absolute atomic E-state index is 12.5. The van der Waals surface area contributed by atoms with Gasteiger partial charge in [-0.2, -0.15) is 0 Å². The molecule has 1 saturated heterocycles. The van der Waals surface area contributed by atoms with Gasteiger partial charge in [0.25, 0.3) is 0 Å². The van der Waals surface area contributed by atoms with Crippen molar-refractivity contribution in [3.8, 4) is 0 Å². The summed E-state index contributed by atoms with van der Waals surface area (Å²) in [6, 6.07) is 0. The Kier molecular flexibility index (Phi) is 11.5. The van der Waals surface area contributed by atoms with Crippen molar-refractivity contribution in [1.82, 2.24) is 0 Å². The van der Waals surface area contributed by atoms with Gasteiger partial charge in [-0.25, -0.2) is 0 Å². The maximum atomic E-state index is 12.5. The van der Waals surface area contributed by atoms with E-state index < -0.39 is 13.9 Å². The number of esters is 1. The Morgan fingerprint density at radius 1 is 0.966 bits per heavy atom. The molecule has 3 nitrogen and oxygen atoms in total. The summed E-state index contributed by atoms with van der Waals surface area (Å²) in [4.78, 5) is 12.5. The standard InChI is InChI=1S/C25H50O3Si/c1-9-10-11-12-13-14-15-17-25(18-16-23(8)24(26)28-25)19-27-29(20(2)3,21(4)5)22(6)7/h20-23H,9-19H2,1-8H3/t23?,25-/m0/s1. The zero-order chi connectivity index (χ0) is 22.1. The van der Waals surface area contributed by atoms with Crippen LogP contribution in [0.1, 0.15) is 120 Å². The van der Waals surface area contributed by atoms with E-state index in [4.69, 9.17) is 9.16 Å². The van der Waals surface area contributed by atoms with Crippen LogP contribution in [0.4, 0.5) is 0 Å². The van der Waals surface area contributed by atoms with Gasteiger partial charge in [0.05, 0.1) is 12.5 Å². The molecule has 172 valence electrons. The summed E-state index contributed by atoms with van der Waals surface area (Å²) < 4.78 is 13.0. The van der Waals surface area contributed by atoms with E-state index in [9.17, 15) is 4.79 Å². The first kappa shape index (κ1) is 26.7. The molecule has 1 aliphatic rings. The highest BCUT2D eigenvalue weighted by atomic mass is 28.4. The van der Waals surface area contributed by atoms with Gasteiger partial charge in [-0.15, -0.1) is 0 Å². The summed E-state index contributed by atoms with van der Waals surface area (Å²) in [7, 11) is -1.96. The maximum Gasteiger partial charge on any atom is 0.309 e. The van der Waals surface area contributed by atoms with E-state index in [1.54, 1.807) is 0 Å². The highest BCUT2D eigenvalue weighted by Crippen LogP contribution is 2.44. The number of carbonyl (C=O) groups excluding carboxylic acids is 1. The van der Waals surface area contributed by atoms with Crippen molar-refractivity contribution in [2.75, 3.05) is 6.61 Å². The third-order valence-corrected chi connectivity index (χ3v) is 13.3. The van der Waals surface area contributed by atoms with Gasteiger partial charge in [-0.05, 0) is 42.3 Å². The number of hydrogen-bond acceptors (Lipinski definition) is 3. The van der Waals surface area contributed by atoms with Gasteiger partial charge >= 0.3 is 5.97 Å². The average molecular weight is 427 g/mol. The number of unbranched alkanes of at least 4 members (excludes halogenated alkanes) is 6. The zero-order valence-electron chi connectivity index (χ0n) is 20.8. The molecule has 2 atom stereocenters. The molecule has 0 aromatic carbocycles. The molecule has 1 rings (SSSR count). The molecular formula is C25H50O3Si. The van der Waals surface area contributed by atoms with Crippen LogP contribution in [0.3, 0.4) is 0 Å². The third-order valence-electron chi connectivity index (χ3n) is 7.28. The second-order valence-electron chi connectivity index (χ2n) is 10.5. The SMILES string of the molecule is CCCCCCCCC[C@@]1(CO[Si](C(C)C)(C(C)C)C(C)C)CCC(C)C(=O)O1. The van der Waals surface area contributed by atoms with Crippen LogP contribution in [-0.2, 0) is 14.0 Å². The lowest BCUT2D eigenvalue weighted by Gasteiger charge is -2.46. The van der Waals surface area contributed by atoms with Gasteiger partial charge in [-0.3, -0.25) is 4.79 Å². The Labute approximate surface area is 182 Å². The van der Waals surface area contributed by atoms with Crippen LogP contribution in [0, 0.1) is 5.92 Å². The van der Waals surface area contributed by atoms with Crippen LogP contribution in [0.2, 0.25) is 16.6 Å². The Morgan fingerprint density at radius 3 is 1.97 bits per heavy atom. The molecule has 0 aromatic rings. The zero-order valence-corrected chi connectivity index (χ0v) is 21.8. The quantitative estimate of drug-likeness (QED) is 0.160. The van der Waals surface area contributed by atoms with Crippen molar-refractivity contribution in [2.45, 2.75) is 142 Å². The molecule has 0 aromatic heterocycles. The van der Waals surface area contributed by atoms with Crippen LogP contribution in [0.5, 0.6) is 0 Å². The van der Waals surface area contributed by atoms with E-state index >= 15 is 0 Å². The summed E-state index contributed by atoms with van der Waals surface area (Å²) in [5.74, 6) is 0.00757. The molecule has 0 spiro atoms. The second kappa shape index (κ2) is 12.5. The molecule has 4 heteroatoms. The highest BCUT2D eigenvalue weighted by molar-refractivity contribution is 6.77. The highest BCUT2D eigenvalue weighted by Gasteiger charge is 2.48. The predicted molar refractivity (Wildman–Crippen MR) is 127 cm³/mol.